The quantitative estimate of drug-likeness (QED) is 0.632. The Kier molecular flexibility index (Phi) is 5.70. The molecule has 0 radical (unpaired) electrons. The third-order valence-electron chi connectivity index (χ3n) is 4.73. The first-order valence-electron chi connectivity index (χ1n) is 8.59. The van der Waals surface area contributed by atoms with Crippen molar-refractivity contribution in [1.82, 2.24) is 9.80 Å². The molecule has 1 saturated heterocycles. The Morgan fingerprint density at radius 1 is 1.04 bits per heavy atom. The summed E-state index contributed by atoms with van der Waals surface area (Å²) in [5.74, 6) is 1.00. The summed E-state index contributed by atoms with van der Waals surface area (Å²) in [6.45, 7) is 4.58. The largest absolute Gasteiger partial charge is 0.508 e. The van der Waals surface area contributed by atoms with Crippen molar-refractivity contribution in [1.29, 1.82) is 0 Å². The molecule has 7 heteroatoms. The number of aromatic hydroxyl groups is 1. The average Bonchev–Trinajstić information content (AvgIpc) is 2.65. The lowest BCUT2D eigenvalue weighted by Gasteiger charge is -2.34. The van der Waals surface area contributed by atoms with Crippen LogP contribution in [0.1, 0.15) is 11.1 Å². The summed E-state index contributed by atoms with van der Waals surface area (Å²) in [4.78, 5) is 15.3. The van der Waals surface area contributed by atoms with E-state index < -0.39 is 0 Å². The van der Waals surface area contributed by atoms with Gasteiger partial charge in [-0.1, -0.05) is 18.2 Å². The van der Waals surface area contributed by atoms with Crippen molar-refractivity contribution in [2.75, 3.05) is 33.3 Å². The van der Waals surface area contributed by atoms with Crippen molar-refractivity contribution in [3.63, 3.8) is 0 Å². The van der Waals surface area contributed by atoms with Gasteiger partial charge in [-0.25, -0.2) is 0 Å². The van der Waals surface area contributed by atoms with Crippen LogP contribution in [0.3, 0.4) is 0 Å². The first-order valence-corrected chi connectivity index (χ1v) is 8.59. The minimum Gasteiger partial charge on any atom is -0.508 e. The summed E-state index contributed by atoms with van der Waals surface area (Å²) in [7, 11) is 1.61. The Balaban J connectivity index is 1.57. The Bertz CT molecular complexity index is 773. The highest BCUT2D eigenvalue weighted by Crippen LogP contribution is 2.25. The number of hydrogen-bond acceptors (Lipinski definition) is 6. The van der Waals surface area contributed by atoms with Gasteiger partial charge >= 0.3 is 0 Å². The molecule has 7 nitrogen and oxygen atoms in total. The van der Waals surface area contributed by atoms with Gasteiger partial charge in [-0.15, -0.1) is 0 Å². The molecular formula is C19H23N3O4. The number of phenols is 1. The minimum atomic E-state index is -0.322. The van der Waals surface area contributed by atoms with E-state index in [1.54, 1.807) is 31.4 Å². The van der Waals surface area contributed by atoms with Crippen LogP contribution in [0.25, 0.3) is 0 Å². The minimum absolute atomic E-state index is 0.177. The van der Waals surface area contributed by atoms with E-state index in [-0.39, 0.29) is 16.4 Å². The average molecular weight is 357 g/mol. The second-order valence-electron chi connectivity index (χ2n) is 6.43. The lowest BCUT2D eigenvalue weighted by atomic mass is 10.1. The van der Waals surface area contributed by atoms with Crippen molar-refractivity contribution in [3.05, 3.63) is 63.7 Å². The topological polar surface area (TPSA) is 79.1 Å². The smallest absolute Gasteiger partial charge is 0.273 e. The maximum atomic E-state index is 11.1. The maximum Gasteiger partial charge on any atom is 0.273 e. The summed E-state index contributed by atoms with van der Waals surface area (Å²) in [5.41, 5.74) is 1.77. The van der Waals surface area contributed by atoms with E-state index in [0.29, 0.717) is 13.1 Å². The summed E-state index contributed by atoms with van der Waals surface area (Å²) in [5, 5.41) is 21.2. The van der Waals surface area contributed by atoms with Gasteiger partial charge in [-0.2, -0.15) is 0 Å². The number of nitrogens with zero attached hydrogens (tertiary/aromatic N) is 3. The number of piperazine rings is 1. The highest BCUT2D eigenvalue weighted by Gasteiger charge is 2.21. The number of rotatable bonds is 6. The molecule has 1 fully saturated rings. The van der Waals surface area contributed by atoms with Gasteiger partial charge in [-0.3, -0.25) is 19.9 Å². The fourth-order valence-electron chi connectivity index (χ4n) is 3.23. The maximum absolute atomic E-state index is 11.1. The zero-order valence-electron chi connectivity index (χ0n) is 14.8. The van der Waals surface area contributed by atoms with E-state index in [1.807, 2.05) is 18.2 Å². The molecule has 2 aromatic carbocycles. The van der Waals surface area contributed by atoms with Crippen molar-refractivity contribution in [2.24, 2.45) is 0 Å². The van der Waals surface area contributed by atoms with Crippen LogP contribution in [0.5, 0.6) is 11.5 Å². The standard InChI is InChI=1S/C19H23N3O4/c1-26-17-6-7-19(23)16(12-17)14-21-10-8-20(9-11-21)13-15-4-2-3-5-18(15)22(24)25/h2-7,12,23H,8-11,13-14H2,1H3. The third-order valence-corrected chi connectivity index (χ3v) is 4.73. The van der Waals surface area contributed by atoms with Crippen molar-refractivity contribution in [2.45, 2.75) is 13.1 Å². The van der Waals surface area contributed by atoms with E-state index in [4.69, 9.17) is 4.74 Å². The van der Waals surface area contributed by atoms with Crippen molar-refractivity contribution in [3.8, 4) is 11.5 Å². The van der Waals surface area contributed by atoms with Crippen LogP contribution in [0.2, 0.25) is 0 Å². The van der Waals surface area contributed by atoms with Crippen LogP contribution in [0.15, 0.2) is 42.5 Å². The Hall–Kier alpha value is -2.64. The van der Waals surface area contributed by atoms with E-state index in [2.05, 4.69) is 9.80 Å². The molecule has 1 aliphatic rings. The number of methoxy groups -OCH3 is 1. The fourth-order valence-corrected chi connectivity index (χ4v) is 3.23. The van der Waals surface area contributed by atoms with Gasteiger partial charge in [0, 0.05) is 56.5 Å². The zero-order chi connectivity index (χ0) is 18.5. The predicted octanol–water partition coefficient (Wildman–Crippen LogP) is 2.63. The van der Waals surface area contributed by atoms with Crippen LogP contribution in [0.4, 0.5) is 5.69 Å². The summed E-state index contributed by atoms with van der Waals surface area (Å²) in [6.07, 6.45) is 0. The van der Waals surface area contributed by atoms with Gasteiger partial charge in [0.15, 0.2) is 0 Å². The molecule has 2 aromatic rings. The second-order valence-corrected chi connectivity index (χ2v) is 6.43. The molecule has 0 atom stereocenters. The number of hydrogen-bond donors (Lipinski definition) is 1. The first kappa shape index (κ1) is 18.2. The molecule has 3 rings (SSSR count). The molecule has 0 amide bonds. The molecule has 0 bridgehead atoms. The van der Waals surface area contributed by atoms with E-state index in [9.17, 15) is 15.2 Å². The monoisotopic (exact) mass is 357 g/mol. The van der Waals surface area contributed by atoms with Crippen LogP contribution in [-0.2, 0) is 13.1 Å². The van der Waals surface area contributed by atoms with Crippen LogP contribution < -0.4 is 4.74 Å². The molecule has 0 spiro atoms. The second kappa shape index (κ2) is 8.16. The van der Waals surface area contributed by atoms with Gasteiger partial charge in [0.1, 0.15) is 11.5 Å². The number of benzene rings is 2. The molecule has 0 saturated carbocycles. The summed E-state index contributed by atoms with van der Waals surface area (Å²) >= 11 is 0. The van der Waals surface area contributed by atoms with Crippen LogP contribution >= 0.6 is 0 Å². The number of nitro benzene ring substituents is 1. The Labute approximate surface area is 152 Å². The van der Waals surface area contributed by atoms with Crippen LogP contribution in [0, 0.1) is 10.1 Å². The zero-order valence-corrected chi connectivity index (χ0v) is 14.8. The normalized spacial score (nSPS) is 15.7. The SMILES string of the molecule is COc1ccc(O)c(CN2CCN(Cc3ccccc3[N+](=O)[O-])CC2)c1. The number of para-hydroxylation sites is 1. The summed E-state index contributed by atoms with van der Waals surface area (Å²) in [6, 6.07) is 12.2. The molecule has 138 valence electrons. The molecule has 0 aromatic heterocycles. The van der Waals surface area contributed by atoms with Gasteiger partial charge in [-0.05, 0) is 18.2 Å². The van der Waals surface area contributed by atoms with Crippen molar-refractivity contribution < 1.29 is 14.8 Å². The molecule has 1 N–H and O–H groups in total. The van der Waals surface area contributed by atoms with Crippen molar-refractivity contribution >= 4 is 5.69 Å². The molecular weight excluding hydrogens is 334 g/mol. The Morgan fingerprint density at radius 3 is 2.27 bits per heavy atom. The van der Waals surface area contributed by atoms with E-state index >= 15 is 0 Å². The van der Waals surface area contributed by atoms with E-state index in [0.717, 1.165) is 43.1 Å². The first-order chi connectivity index (χ1) is 12.6. The van der Waals surface area contributed by atoms with E-state index in [1.165, 1.54) is 0 Å². The predicted molar refractivity (Wildman–Crippen MR) is 98.3 cm³/mol. The highest BCUT2D eigenvalue weighted by atomic mass is 16.6. The molecule has 0 aliphatic carbocycles. The van der Waals surface area contributed by atoms with Crippen LogP contribution in [-0.4, -0.2) is 53.1 Å². The Morgan fingerprint density at radius 2 is 1.65 bits per heavy atom. The number of ether oxygens (including phenoxy) is 1. The van der Waals surface area contributed by atoms with Gasteiger partial charge in [0.05, 0.1) is 12.0 Å². The number of nitro groups is 1. The third kappa shape index (κ3) is 4.30. The van der Waals surface area contributed by atoms with Gasteiger partial charge < -0.3 is 9.84 Å². The molecule has 1 heterocycles. The lowest BCUT2D eigenvalue weighted by Crippen LogP contribution is -2.45. The molecule has 0 unspecified atom stereocenters. The fraction of sp³-hybridized carbons (Fsp3) is 0.368. The molecule has 1 aliphatic heterocycles. The lowest BCUT2D eigenvalue weighted by molar-refractivity contribution is -0.385. The van der Waals surface area contributed by atoms with Gasteiger partial charge in [0.25, 0.3) is 5.69 Å². The van der Waals surface area contributed by atoms with Gasteiger partial charge in [0.2, 0.25) is 0 Å². The highest BCUT2D eigenvalue weighted by molar-refractivity contribution is 5.40. The number of phenolic OH excluding ortho intramolecular Hbond substituents is 1. The molecule has 26 heavy (non-hydrogen) atoms. The summed E-state index contributed by atoms with van der Waals surface area (Å²) < 4.78 is 5.22.